The number of aliphatic hydroxyl groups excluding tert-OH is 1. The zero-order valence-corrected chi connectivity index (χ0v) is 10.3. The van der Waals surface area contributed by atoms with E-state index in [1.165, 1.54) is 0 Å². The van der Waals surface area contributed by atoms with Crippen molar-refractivity contribution >= 4 is 5.91 Å². The number of aryl methyl sites for hydroxylation is 1. The first-order valence-electron chi connectivity index (χ1n) is 5.69. The molecule has 1 amide bonds. The van der Waals surface area contributed by atoms with Gasteiger partial charge in [0.2, 0.25) is 5.91 Å². The third kappa shape index (κ3) is 4.87. The zero-order valence-electron chi connectivity index (χ0n) is 10.3. The molecule has 4 nitrogen and oxygen atoms in total. The Labute approximate surface area is 102 Å². The number of methoxy groups -OCH3 is 1. The van der Waals surface area contributed by atoms with Crippen LogP contribution in [-0.2, 0) is 11.2 Å². The molecule has 0 spiro atoms. The Morgan fingerprint density at radius 3 is 2.59 bits per heavy atom. The molecule has 0 aliphatic carbocycles. The second-order valence-corrected chi connectivity index (χ2v) is 4.00. The highest BCUT2D eigenvalue weighted by atomic mass is 16.5. The van der Waals surface area contributed by atoms with Gasteiger partial charge in [0.25, 0.3) is 0 Å². The number of carbonyl (C=O) groups is 1. The standard InChI is InChI=1S/C13H19NO3/c1-10(9-15)14-13(16)8-5-11-3-6-12(17-2)7-4-11/h3-4,6-7,10,15H,5,8-9H2,1-2H3,(H,14,16)/t10-/m0/s1. The van der Waals surface area contributed by atoms with Crippen molar-refractivity contribution in [2.75, 3.05) is 13.7 Å². The molecule has 1 rings (SSSR count). The number of aliphatic hydroxyl groups is 1. The van der Waals surface area contributed by atoms with Gasteiger partial charge < -0.3 is 15.2 Å². The van der Waals surface area contributed by atoms with E-state index in [9.17, 15) is 4.79 Å². The number of amides is 1. The number of hydrogen-bond acceptors (Lipinski definition) is 3. The molecule has 1 aromatic rings. The molecule has 1 aromatic carbocycles. The van der Waals surface area contributed by atoms with Crippen LogP contribution in [0.3, 0.4) is 0 Å². The van der Waals surface area contributed by atoms with Crippen molar-refractivity contribution in [3.05, 3.63) is 29.8 Å². The first-order valence-corrected chi connectivity index (χ1v) is 5.69. The molecule has 0 radical (unpaired) electrons. The van der Waals surface area contributed by atoms with E-state index in [4.69, 9.17) is 9.84 Å². The van der Waals surface area contributed by atoms with Gasteiger partial charge >= 0.3 is 0 Å². The van der Waals surface area contributed by atoms with Crippen LogP contribution in [0, 0.1) is 0 Å². The van der Waals surface area contributed by atoms with Gasteiger partial charge in [0.05, 0.1) is 13.7 Å². The van der Waals surface area contributed by atoms with Gasteiger partial charge in [0.15, 0.2) is 0 Å². The molecule has 17 heavy (non-hydrogen) atoms. The molecule has 0 fully saturated rings. The number of hydrogen-bond donors (Lipinski definition) is 2. The Morgan fingerprint density at radius 2 is 2.06 bits per heavy atom. The van der Waals surface area contributed by atoms with E-state index in [0.29, 0.717) is 12.8 Å². The molecule has 0 saturated carbocycles. The molecule has 0 saturated heterocycles. The van der Waals surface area contributed by atoms with Crippen LogP contribution >= 0.6 is 0 Å². The van der Waals surface area contributed by atoms with Crippen LogP contribution in [-0.4, -0.2) is 30.8 Å². The molecule has 0 unspecified atom stereocenters. The van der Waals surface area contributed by atoms with Crippen molar-refractivity contribution < 1.29 is 14.6 Å². The maximum absolute atomic E-state index is 11.5. The van der Waals surface area contributed by atoms with Crippen molar-refractivity contribution in [1.29, 1.82) is 0 Å². The van der Waals surface area contributed by atoms with Crippen molar-refractivity contribution in [1.82, 2.24) is 5.32 Å². The number of rotatable bonds is 6. The average molecular weight is 237 g/mol. The molecule has 0 aliphatic heterocycles. The molecular weight excluding hydrogens is 218 g/mol. The van der Waals surface area contributed by atoms with Crippen molar-refractivity contribution in [2.24, 2.45) is 0 Å². The van der Waals surface area contributed by atoms with E-state index < -0.39 is 0 Å². The molecule has 1 atom stereocenters. The number of benzene rings is 1. The van der Waals surface area contributed by atoms with E-state index in [0.717, 1.165) is 11.3 Å². The van der Waals surface area contributed by atoms with Crippen LogP contribution in [0.2, 0.25) is 0 Å². The van der Waals surface area contributed by atoms with E-state index in [-0.39, 0.29) is 18.6 Å². The van der Waals surface area contributed by atoms with Crippen LogP contribution in [0.15, 0.2) is 24.3 Å². The topological polar surface area (TPSA) is 58.6 Å². The predicted molar refractivity (Wildman–Crippen MR) is 66.0 cm³/mol. The predicted octanol–water partition coefficient (Wildman–Crippen LogP) is 1.12. The van der Waals surface area contributed by atoms with Crippen LogP contribution in [0.5, 0.6) is 5.75 Å². The first kappa shape index (κ1) is 13.5. The minimum absolute atomic E-state index is 0.0335. The number of carbonyl (C=O) groups excluding carboxylic acids is 1. The SMILES string of the molecule is COc1ccc(CCC(=O)N[C@@H](C)CO)cc1. The second kappa shape index (κ2) is 6.91. The van der Waals surface area contributed by atoms with Crippen LogP contribution in [0.25, 0.3) is 0 Å². The third-order valence-corrected chi connectivity index (χ3v) is 2.48. The summed E-state index contributed by atoms with van der Waals surface area (Å²) in [4.78, 5) is 11.5. The minimum Gasteiger partial charge on any atom is -0.497 e. The van der Waals surface area contributed by atoms with Gasteiger partial charge in [-0.1, -0.05) is 12.1 Å². The molecule has 4 heteroatoms. The fraction of sp³-hybridized carbons (Fsp3) is 0.462. The van der Waals surface area contributed by atoms with Crippen molar-refractivity contribution in [3.63, 3.8) is 0 Å². The fourth-order valence-electron chi connectivity index (χ4n) is 1.44. The summed E-state index contributed by atoms with van der Waals surface area (Å²) in [5.41, 5.74) is 1.10. The molecule has 0 aromatic heterocycles. The van der Waals surface area contributed by atoms with Crippen molar-refractivity contribution in [3.8, 4) is 5.75 Å². The molecule has 0 bridgehead atoms. The highest BCUT2D eigenvalue weighted by Gasteiger charge is 2.06. The van der Waals surface area contributed by atoms with E-state index in [2.05, 4.69) is 5.32 Å². The monoisotopic (exact) mass is 237 g/mol. The maximum Gasteiger partial charge on any atom is 0.220 e. The minimum atomic E-state index is -0.182. The van der Waals surface area contributed by atoms with E-state index >= 15 is 0 Å². The lowest BCUT2D eigenvalue weighted by Crippen LogP contribution is -2.35. The quantitative estimate of drug-likeness (QED) is 0.779. The van der Waals surface area contributed by atoms with Gasteiger partial charge in [-0.2, -0.15) is 0 Å². The van der Waals surface area contributed by atoms with E-state index in [1.54, 1.807) is 14.0 Å². The Bertz CT molecular complexity index is 348. The highest BCUT2D eigenvalue weighted by molar-refractivity contribution is 5.76. The summed E-state index contributed by atoms with van der Waals surface area (Å²) in [5.74, 6) is 0.773. The smallest absolute Gasteiger partial charge is 0.220 e. The summed E-state index contributed by atoms with van der Waals surface area (Å²) in [6.45, 7) is 1.74. The Morgan fingerprint density at radius 1 is 1.41 bits per heavy atom. The molecular formula is C13H19NO3. The Hall–Kier alpha value is -1.55. The highest BCUT2D eigenvalue weighted by Crippen LogP contribution is 2.12. The third-order valence-electron chi connectivity index (χ3n) is 2.48. The zero-order chi connectivity index (χ0) is 12.7. The van der Waals surface area contributed by atoms with Gasteiger partial charge in [-0.15, -0.1) is 0 Å². The summed E-state index contributed by atoms with van der Waals surface area (Å²) in [7, 11) is 1.62. The maximum atomic E-state index is 11.5. The number of ether oxygens (including phenoxy) is 1. The Balaban J connectivity index is 2.36. The summed E-state index contributed by atoms with van der Waals surface area (Å²) in [6.07, 6.45) is 1.12. The average Bonchev–Trinajstić information content (AvgIpc) is 2.36. The summed E-state index contributed by atoms with van der Waals surface area (Å²) < 4.78 is 5.05. The first-order chi connectivity index (χ1) is 8.15. The van der Waals surface area contributed by atoms with Gasteiger partial charge in [-0.05, 0) is 31.0 Å². The Kier molecular flexibility index (Phi) is 5.49. The van der Waals surface area contributed by atoms with Crippen LogP contribution < -0.4 is 10.1 Å². The number of nitrogens with one attached hydrogen (secondary N) is 1. The van der Waals surface area contributed by atoms with Crippen LogP contribution in [0.1, 0.15) is 18.9 Å². The molecule has 0 aliphatic rings. The molecule has 0 heterocycles. The van der Waals surface area contributed by atoms with Crippen molar-refractivity contribution in [2.45, 2.75) is 25.8 Å². The summed E-state index contributed by atoms with van der Waals surface area (Å²) in [6, 6.07) is 7.47. The lowest BCUT2D eigenvalue weighted by atomic mass is 10.1. The van der Waals surface area contributed by atoms with Gasteiger partial charge in [0.1, 0.15) is 5.75 Å². The summed E-state index contributed by atoms with van der Waals surface area (Å²) in [5, 5.41) is 11.5. The second-order valence-electron chi connectivity index (χ2n) is 4.00. The molecule has 94 valence electrons. The van der Waals surface area contributed by atoms with Crippen LogP contribution in [0.4, 0.5) is 0 Å². The fourth-order valence-corrected chi connectivity index (χ4v) is 1.44. The van der Waals surface area contributed by atoms with Gasteiger partial charge in [0, 0.05) is 12.5 Å². The van der Waals surface area contributed by atoms with E-state index in [1.807, 2.05) is 24.3 Å². The summed E-state index contributed by atoms with van der Waals surface area (Å²) >= 11 is 0. The normalized spacial score (nSPS) is 11.9. The van der Waals surface area contributed by atoms with Gasteiger partial charge in [-0.25, -0.2) is 0 Å². The van der Waals surface area contributed by atoms with Gasteiger partial charge in [-0.3, -0.25) is 4.79 Å². The lowest BCUT2D eigenvalue weighted by molar-refractivity contribution is -0.121. The lowest BCUT2D eigenvalue weighted by Gasteiger charge is -2.10. The molecule has 2 N–H and O–H groups in total. The largest absolute Gasteiger partial charge is 0.497 e.